The SMILES string of the molecule is N#Cc1cc(Nc2nc(N)nc3nc[nH]c23)ccc1F. The highest BCUT2D eigenvalue weighted by Gasteiger charge is 2.10. The maximum Gasteiger partial charge on any atom is 0.224 e. The third kappa shape index (κ3) is 1.97. The van der Waals surface area contributed by atoms with Crippen molar-refractivity contribution in [3.8, 4) is 6.07 Å². The highest BCUT2D eigenvalue weighted by Crippen LogP contribution is 2.23. The second-order valence-corrected chi connectivity index (χ2v) is 3.96. The summed E-state index contributed by atoms with van der Waals surface area (Å²) in [7, 11) is 0. The van der Waals surface area contributed by atoms with Crippen molar-refractivity contribution in [3.05, 3.63) is 35.9 Å². The molecule has 7 nitrogen and oxygen atoms in total. The van der Waals surface area contributed by atoms with Crippen LogP contribution in [0.2, 0.25) is 0 Å². The Labute approximate surface area is 112 Å². The molecule has 3 rings (SSSR count). The lowest BCUT2D eigenvalue weighted by atomic mass is 10.2. The third-order valence-electron chi connectivity index (χ3n) is 2.65. The largest absolute Gasteiger partial charge is 0.368 e. The fourth-order valence-electron chi connectivity index (χ4n) is 1.77. The van der Waals surface area contributed by atoms with Gasteiger partial charge < -0.3 is 16.0 Å². The molecular formula is C12H8FN7. The summed E-state index contributed by atoms with van der Waals surface area (Å²) in [5.74, 6) is -0.109. The van der Waals surface area contributed by atoms with Gasteiger partial charge in [-0.2, -0.15) is 15.2 Å². The molecule has 4 N–H and O–H groups in total. The first-order chi connectivity index (χ1) is 9.67. The van der Waals surface area contributed by atoms with Gasteiger partial charge in [0.2, 0.25) is 5.95 Å². The van der Waals surface area contributed by atoms with Crippen molar-refractivity contribution in [2.75, 3.05) is 11.1 Å². The van der Waals surface area contributed by atoms with Gasteiger partial charge in [-0.05, 0) is 18.2 Å². The van der Waals surface area contributed by atoms with Crippen LogP contribution in [0.15, 0.2) is 24.5 Å². The van der Waals surface area contributed by atoms with Gasteiger partial charge in [-0.1, -0.05) is 0 Å². The van der Waals surface area contributed by atoms with Crippen LogP contribution in [0.1, 0.15) is 5.56 Å². The van der Waals surface area contributed by atoms with E-state index in [1.165, 1.54) is 24.5 Å². The van der Waals surface area contributed by atoms with E-state index in [-0.39, 0.29) is 11.5 Å². The molecule has 0 spiro atoms. The normalized spacial score (nSPS) is 10.4. The molecule has 0 fully saturated rings. The number of H-pyrrole nitrogens is 1. The van der Waals surface area contributed by atoms with Gasteiger partial charge in [0.15, 0.2) is 11.5 Å². The Kier molecular flexibility index (Phi) is 2.65. The molecule has 0 saturated carbocycles. The Morgan fingerprint density at radius 1 is 1.35 bits per heavy atom. The van der Waals surface area contributed by atoms with Crippen LogP contribution >= 0.6 is 0 Å². The number of hydrogen-bond acceptors (Lipinski definition) is 6. The predicted molar refractivity (Wildman–Crippen MR) is 70.5 cm³/mol. The highest BCUT2D eigenvalue weighted by atomic mass is 19.1. The predicted octanol–water partition coefficient (Wildman–Crippen LogP) is 1.69. The van der Waals surface area contributed by atoms with Gasteiger partial charge in [-0.3, -0.25) is 0 Å². The fraction of sp³-hybridized carbons (Fsp3) is 0. The molecule has 0 aliphatic rings. The molecule has 0 bridgehead atoms. The number of rotatable bonds is 2. The molecule has 3 aromatic rings. The molecule has 20 heavy (non-hydrogen) atoms. The van der Waals surface area contributed by atoms with Crippen LogP contribution in [0, 0.1) is 17.1 Å². The number of benzene rings is 1. The van der Waals surface area contributed by atoms with Crippen molar-refractivity contribution in [1.29, 1.82) is 5.26 Å². The third-order valence-corrected chi connectivity index (χ3v) is 2.65. The van der Waals surface area contributed by atoms with Gasteiger partial charge in [-0.15, -0.1) is 0 Å². The summed E-state index contributed by atoms with van der Waals surface area (Å²) in [5, 5.41) is 11.8. The lowest BCUT2D eigenvalue weighted by Gasteiger charge is -2.07. The summed E-state index contributed by atoms with van der Waals surface area (Å²) in [6, 6.07) is 5.86. The topological polar surface area (TPSA) is 116 Å². The van der Waals surface area contributed by atoms with Crippen LogP contribution < -0.4 is 11.1 Å². The summed E-state index contributed by atoms with van der Waals surface area (Å²) in [6.07, 6.45) is 1.47. The molecule has 0 unspecified atom stereocenters. The molecule has 2 aromatic heterocycles. The zero-order chi connectivity index (χ0) is 14.1. The monoisotopic (exact) mass is 269 g/mol. The lowest BCUT2D eigenvalue weighted by molar-refractivity contribution is 0.624. The Hall–Kier alpha value is -3.21. The number of anilines is 3. The van der Waals surface area contributed by atoms with E-state index >= 15 is 0 Å². The quantitative estimate of drug-likeness (QED) is 0.651. The number of fused-ring (bicyclic) bond motifs is 1. The van der Waals surface area contributed by atoms with Crippen LogP contribution in [0.5, 0.6) is 0 Å². The number of nitrogens with one attached hydrogen (secondary N) is 2. The number of aromatic amines is 1. The Morgan fingerprint density at radius 2 is 2.20 bits per heavy atom. The number of nitrogens with two attached hydrogens (primary N) is 1. The number of nitrogens with zero attached hydrogens (tertiary/aromatic N) is 4. The first kappa shape index (κ1) is 11.9. The lowest BCUT2D eigenvalue weighted by Crippen LogP contribution is -2.01. The van der Waals surface area contributed by atoms with Gasteiger partial charge in [-0.25, -0.2) is 9.37 Å². The number of aromatic nitrogens is 4. The van der Waals surface area contributed by atoms with Crippen LogP contribution in [0.25, 0.3) is 11.2 Å². The minimum atomic E-state index is -0.577. The van der Waals surface area contributed by atoms with Crippen LogP contribution in [0.3, 0.4) is 0 Å². The fourth-order valence-corrected chi connectivity index (χ4v) is 1.77. The molecule has 1 aromatic carbocycles. The zero-order valence-corrected chi connectivity index (χ0v) is 10.1. The molecule has 0 aliphatic heterocycles. The summed E-state index contributed by atoms with van der Waals surface area (Å²) in [5.41, 5.74) is 7.03. The smallest absolute Gasteiger partial charge is 0.224 e. The molecule has 0 radical (unpaired) electrons. The van der Waals surface area contributed by atoms with Gasteiger partial charge >= 0.3 is 0 Å². The van der Waals surface area contributed by atoms with E-state index in [4.69, 9.17) is 11.0 Å². The van der Waals surface area contributed by atoms with Crippen molar-refractivity contribution in [1.82, 2.24) is 19.9 Å². The Bertz CT molecular complexity index is 833. The number of halogens is 1. The van der Waals surface area contributed by atoms with Crippen LogP contribution in [-0.4, -0.2) is 19.9 Å². The Balaban J connectivity index is 2.05. The van der Waals surface area contributed by atoms with Crippen LogP contribution in [0.4, 0.5) is 21.8 Å². The first-order valence-corrected chi connectivity index (χ1v) is 5.60. The Morgan fingerprint density at radius 3 is 3.00 bits per heavy atom. The molecule has 0 aliphatic carbocycles. The number of nitrogen functional groups attached to an aromatic ring is 1. The van der Waals surface area contributed by atoms with E-state index in [9.17, 15) is 4.39 Å². The molecule has 0 saturated heterocycles. The molecule has 8 heteroatoms. The van der Waals surface area contributed by atoms with Gasteiger partial charge in [0.1, 0.15) is 17.4 Å². The highest BCUT2D eigenvalue weighted by molar-refractivity contribution is 5.85. The van der Waals surface area contributed by atoms with E-state index in [1.54, 1.807) is 6.07 Å². The van der Waals surface area contributed by atoms with Crippen molar-refractivity contribution in [2.45, 2.75) is 0 Å². The van der Waals surface area contributed by atoms with Gasteiger partial charge in [0.05, 0.1) is 11.9 Å². The standard InChI is InChI=1S/C12H8FN7/c13-8-2-1-7(3-6(8)4-14)18-11-9-10(17-5-16-9)19-12(15)20-11/h1-3,5H,(H4,15,16,17,18,19,20). The van der Waals surface area contributed by atoms with Crippen molar-refractivity contribution in [3.63, 3.8) is 0 Å². The first-order valence-electron chi connectivity index (χ1n) is 5.60. The molecule has 2 heterocycles. The number of nitriles is 1. The van der Waals surface area contributed by atoms with E-state index in [0.29, 0.717) is 22.7 Å². The van der Waals surface area contributed by atoms with Crippen molar-refractivity contribution in [2.24, 2.45) is 0 Å². The van der Waals surface area contributed by atoms with Gasteiger partial charge in [0.25, 0.3) is 0 Å². The van der Waals surface area contributed by atoms with Crippen molar-refractivity contribution >= 4 is 28.6 Å². The minimum Gasteiger partial charge on any atom is -0.368 e. The maximum absolute atomic E-state index is 13.3. The minimum absolute atomic E-state index is 0.0575. The summed E-state index contributed by atoms with van der Waals surface area (Å²) < 4.78 is 13.3. The second kappa shape index (κ2) is 4.47. The number of imidazole rings is 1. The molecule has 0 atom stereocenters. The maximum atomic E-state index is 13.3. The van der Waals surface area contributed by atoms with E-state index in [2.05, 4.69) is 25.3 Å². The van der Waals surface area contributed by atoms with E-state index in [1.807, 2.05) is 0 Å². The number of hydrogen-bond donors (Lipinski definition) is 3. The van der Waals surface area contributed by atoms with E-state index in [0.717, 1.165) is 0 Å². The van der Waals surface area contributed by atoms with Gasteiger partial charge in [0, 0.05) is 5.69 Å². The average Bonchev–Trinajstić information content (AvgIpc) is 2.89. The molecular weight excluding hydrogens is 261 g/mol. The molecule has 0 amide bonds. The van der Waals surface area contributed by atoms with E-state index < -0.39 is 5.82 Å². The summed E-state index contributed by atoms with van der Waals surface area (Å²) >= 11 is 0. The van der Waals surface area contributed by atoms with Crippen molar-refractivity contribution < 1.29 is 4.39 Å². The summed E-state index contributed by atoms with van der Waals surface area (Å²) in [6.45, 7) is 0. The summed E-state index contributed by atoms with van der Waals surface area (Å²) in [4.78, 5) is 14.9. The van der Waals surface area contributed by atoms with Crippen LogP contribution in [-0.2, 0) is 0 Å². The molecule has 98 valence electrons. The second-order valence-electron chi connectivity index (χ2n) is 3.96. The zero-order valence-electron chi connectivity index (χ0n) is 10.1. The average molecular weight is 269 g/mol.